The van der Waals surface area contributed by atoms with Crippen LogP contribution in [0.2, 0.25) is 5.02 Å². The van der Waals surface area contributed by atoms with E-state index < -0.39 is 4.92 Å². The molecule has 0 N–H and O–H groups in total. The van der Waals surface area contributed by atoms with E-state index in [1.165, 1.54) is 18.6 Å². The predicted molar refractivity (Wildman–Crippen MR) is 102 cm³/mol. The van der Waals surface area contributed by atoms with E-state index in [0.29, 0.717) is 29.1 Å². The minimum atomic E-state index is -0.418. The highest BCUT2D eigenvalue weighted by atomic mass is 35.5. The number of carbonyl (C=O) groups is 1. The first-order valence-corrected chi connectivity index (χ1v) is 9.51. The number of rotatable bonds is 5. The number of hydrogen-bond acceptors (Lipinski definition) is 4. The number of likely N-dealkylation sites (tertiary alicyclic amines) is 1. The van der Waals surface area contributed by atoms with Gasteiger partial charge in [-0.3, -0.25) is 19.8 Å². The summed E-state index contributed by atoms with van der Waals surface area (Å²) in [5, 5.41) is 11.4. The summed E-state index contributed by atoms with van der Waals surface area (Å²) >= 11 is 6.14. The van der Waals surface area contributed by atoms with E-state index in [1.807, 2.05) is 19.1 Å². The molecule has 6 nitrogen and oxygen atoms in total. The number of nitro benzene ring substituents is 1. The number of halogens is 1. The molecule has 3 rings (SSSR count). The Hall–Kier alpha value is -1.92. The molecule has 0 unspecified atom stereocenters. The van der Waals surface area contributed by atoms with E-state index >= 15 is 0 Å². The molecule has 2 aliphatic rings. The molecule has 0 aromatic heterocycles. The summed E-state index contributed by atoms with van der Waals surface area (Å²) in [6.45, 7) is 4.45. The number of piperazine rings is 1. The molecule has 7 heteroatoms. The number of carbonyl (C=O) groups excluding carboxylic acids is 1. The van der Waals surface area contributed by atoms with Crippen LogP contribution in [0.4, 0.5) is 5.69 Å². The first-order valence-electron chi connectivity index (χ1n) is 9.13. The molecule has 1 aromatic carbocycles. The van der Waals surface area contributed by atoms with Crippen LogP contribution < -0.4 is 0 Å². The zero-order valence-corrected chi connectivity index (χ0v) is 15.7. The third-order valence-electron chi connectivity index (χ3n) is 5.24. The Morgan fingerprint density at radius 1 is 1.35 bits per heavy atom. The van der Waals surface area contributed by atoms with E-state index in [2.05, 4.69) is 9.80 Å². The summed E-state index contributed by atoms with van der Waals surface area (Å²) in [6, 6.07) is 5.07. The largest absolute Gasteiger partial charge is 0.334 e. The van der Waals surface area contributed by atoms with Gasteiger partial charge in [0.05, 0.1) is 4.92 Å². The Morgan fingerprint density at radius 2 is 2.04 bits per heavy atom. The normalized spacial score (nSPS) is 23.4. The summed E-state index contributed by atoms with van der Waals surface area (Å²) in [5.74, 6) is 0.262. The Labute approximate surface area is 158 Å². The second-order valence-electron chi connectivity index (χ2n) is 6.98. The van der Waals surface area contributed by atoms with Gasteiger partial charge < -0.3 is 4.90 Å². The topological polar surface area (TPSA) is 66.7 Å². The van der Waals surface area contributed by atoms with Gasteiger partial charge in [0.1, 0.15) is 0 Å². The number of benzene rings is 1. The van der Waals surface area contributed by atoms with Crippen molar-refractivity contribution in [3.05, 3.63) is 45.0 Å². The zero-order valence-electron chi connectivity index (χ0n) is 14.9. The van der Waals surface area contributed by atoms with Crippen molar-refractivity contribution in [1.29, 1.82) is 0 Å². The lowest BCUT2D eigenvalue weighted by Crippen LogP contribution is -2.62. The molecule has 0 saturated carbocycles. The van der Waals surface area contributed by atoms with Crippen molar-refractivity contribution in [3.8, 4) is 0 Å². The van der Waals surface area contributed by atoms with Crippen molar-refractivity contribution in [1.82, 2.24) is 9.80 Å². The van der Waals surface area contributed by atoms with Gasteiger partial charge in [-0.05, 0) is 30.9 Å². The smallest absolute Gasteiger partial charge is 0.270 e. The summed E-state index contributed by atoms with van der Waals surface area (Å²) in [5.41, 5.74) is 0.691. The van der Waals surface area contributed by atoms with Crippen molar-refractivity contribution in [2.45, 2.75) is 44.7 Å². The third kappa shape index (κ3) is 4.07. The van der Waals surface area contributed by atoms with Crippen LogP contribution in [0.3, 0.4) is 0 Å². The molecular weight excluding hydrogens is 354 g/mol. The van der Waals surface area contributed by atoms with E-state index in [1.54, 1.807) is 6.07 Å². The van der Waals surface area contributed by atoms with Crippen molar-refractivity contribution < 1.29 is 9.72 Å². The maximum Gasteiger partial charge on any atom is 0.270 e. The number of piperidine rings is 1. The molecule has 26 heavy (non-hydrogen) atoms. The first kappa shape index (κ1) is 18.9. The SMILES string of the molecule is CCC(=O)N1[C@@H]2CCC[C@H]1CN(C/C=C/c1cc([N+](=O)[O-])ccc1Cl)C2. The zero-order chi connectivity index (χ0) is 18.7. The van der Waals surface area contributed by atoms with E-state index in [-0.39, 0.29) is 11.6 Å². The second kappa shape index (κ2) is 8.18. The second-order valence-corrected chi connectivity index (χ2v) is 7.38. The van der Waals surface area contributed by atoms with Crippen LogP contribution in [0.5, 0.6) is 0 Å². The Morgan fingerprint density at radius 3 is 2.65 bits per heavy atom. The van der Waals surface area contributed by atoms with Gasteiger partial charge in [0.2, 0.25) is 5.91 Å². The van der Waals surface area contributed by atoms with Crippen molar-refractivity contribution in [2.24, 2.45) is 0 Å². The highest BCUT2D eigenvalue weighted by Crippen LogP contribution is 2.29. The number of nitrogens with zero attached hydrogens (tertiary/aromatic N) is 3. The maximum absolute atomic E-state index is 12.2. The lowest BCUT2D eigenvalue weighted by molar-refractivity contribution is -0.384. The summed E-state index contributed by atoms with van der Waals surface area (Å²) < 4.78 is 0. The predicted octanol–water partition coefficient (Wildman–Crippen LogP) is 3.74. The molecule has 2 heterocycles. The molecule has 0 spiro atoms. The van der Waals surface area contributed by atoms with Crippen molar-refractivity contribution >= 4 is 29.3 Å². The lowest BCUT2D eigenvalue weighted by atomic mass is 9.91. The first-order chi connectivity index (χ1) is 12.5. The molecule has 2 atom stereocenters. The standard InChI is InChI=1S/C19H24ClN3O3/c1-2-19(24)22-16-6-3-7-17(22)13-21(12-16)10-4-5-14-11-15(23(25)26)8-9-18(14)20/h4-5,8-9,11,16-17H,2-3,6-7,10,12-13H2,1H3/b5-4+/t16-,17+. The average Bonchev–Trinajstić information content (AvgIpc) is 2.61. The van der Waals surface area contributed by atoms with Gasteiger partial charge in [-0.1, -0.05) is 30.7 Å². The number of non-ortho nitro benzene ring substituents is 1. The molecule has 2 aliphatic heterocycles. The van der Waals surface area contributed by atoms with E-state index in [4.69, 9.17) is 11.6 Å². The van der Waals surface area contributed by atoms with Gasteiger partial charge in [0, 0.05) is 55.3 Å². The number of fused-ring (bicyclic) bond motifs is 2. The fourth-order valence-corrected chi connectivity index (χ4v) is 4.22. The molecular formula is C19H24ClN3O3. The molecule has 0 aliphatic carbocycles. The molecule has 2 saturated heterocycles. The summed E-state index contributed by atoms with van der Waals surface area (Å²) in [4.78, 5) is 27.2. The van der Waals surface area contributed by atoms with E-state index in [9.17, 15) is 14.9 Å². The van der Waals surface area contributed by atoms with Gasteiger partial charge in [0.25, 0.3) is 5.69 Å². The van der Waals surface area contributed by atoms with Crippen LogP contribution >= 0.6 is 11.6 Å². The minimum absolute atomic E-state index is 0.0373. The van der Waals surface area contributed by atoms with Crippen LogP contribution in [0, 0.1) is 10.1 Å². The van der Waals surface area contributed by atoms with Gasteiger partial charge in [-0.15, -0.1) is 0 Å². The monoisotopic (exact) mass is 377 g/mol. The average molecular weight is 378 g/mol. The molecule has 0 radical (unpaired) electrons. The third-order valence-corrected chi connectivity index (χ3v) is 5.59. The van der Waals surface area contributed by atoms with Crippen LogP contribution in [-0.2, 0) is 4.79 Å². The van der Waals surface area contributed by atoms with Gasteiger partial charge in [-0.2, -0.15) is 0 Å². The van der Waals surface area contributed by atoms with Crippen LogP contribution in [0.25, 0.3) is 6.08 Å². The number of hydrogen-bond donors (Lipinski definition) is 0. The molecule has 140 valence electrons. The van der Waals surface area contributed by atoms with Crippen molar-refractivity contribution in [3.63, 3.8) is 0 Å². The van der Waals surface area contributed by atoms with Crippen LogP contribution in [0.1, 0.15) is 38.2 Å². The number of amides is 1. The van der Waals surface area contributed by atoms with Gasteiger partial charge in [-0.25, -0.2) is 0 Å². The van der Waals surface area contributed by atoms with Crippen LogP contribution in [-0.4, -0.2) is 52.3 Å². The molecule has 1 aromatic rings. The van der Waals surface area contributed by atoms with E-state index in [0.717, 1.165) is 32.5 Å². The van der Waals surface area contributed by atoms with Gasteiger partial charge in [0.15, 0.2) is 0 Å². The van der Waals surface area contributed by atoms with Crippen LogP contribution in [0.15, 0.2) is 24.3 Å². The fourth-order valence-electron chi connectivity index (χ4n) is 4.03. The Kier molecular flexibility index (Phi) is 5.94. The molecule has 2 fully saturated rings. The Balaban J connectivity index is 1.64. The maximum atomic E-state index is 12.2. The fraction of sp³-hybridized carbons (Fsp3) is 0.526. The highest BCUT2D eigenvalue weighted by molar-refractivity contribution is 6.32. The quantitative estimate of drug-likeness (QED) is 0.579. The van der Waals surface area contributed by atoms with Crippen molar-refractivity contribution in [2.75, 3.05) is 19.6 Å². The minimum Gasteiger partial charge on any atom is -0.334 e. The highest BCUT2D eigenvalue weighted by Gasteiger charge is 2.38. The summed E-state index contributed by atoms with van der Waals surface area (Å²) in [6.07, 6.45) is 7.74. The molecule has 1 amide bonds. The summed E-state index contributed by atoms with van der Waals surface area (Å²) in [7, 11) is 0. The van der Waals surface area contributed by atoms with Gasteiger partial charge >= 0.3 is 0 Å². The number of nitro groups is 1. The molecule has 2 bridgehead atoms. The Bertz CT molecular complexity index is 708. The lowest BCUT2D eigenvalue weighted by Gasteiger charge is -2.50.